The van der Waals surface area contributed by atoms with Crippen molar-refractivity contribution in [2.75, 3.05) is 56.6 Å². The number of carbonyl (C=O) groups is 3. The van der Waals surface area contributed by atoms with Crippen molar-refractivity contribution in [3.05, 3.63) is 89.5 Å². The molecular weight excluding hydrogens is 492 g/mol. The average Bonchev–Trinajstić information content (AvgIpc) is 3.24. The second-order valence-corrected chi connectivity index (χ2v) is 9.39. The standard InChI is InChI=1S/C31H36N4O4/c1-4-33(5-2)31(38)27-22-25(32-29(36)23-10-7-6-8-11-23)14-17-28(27)34-18-9-19-35(21-20-34)30(37)24-12-15-26(39-3)16-13-24/h6-8,10-17,22H,4-5,9,18-21H2,1-3H3,(H,32,36). The highest BCUT2D eigenvalue weighted by Crippen LogP contribution is 2.28. The summed E-state index contributed by atoms with van der Waals surface area (Å²) in [4.78, 5) is 45.3. The van der Waals surface area contributed by atoms with Gasteiger partial charge in [0.1, 0.15) is 5.75 Å². The molecule has 39 heavy (non-hydrogen) atoms. The zero-order valence-corrected chi connectivity index (χ0v) is 22.9. The Morgan fingerprint density at radius 3 is 2.23 bits per heavy atom. The molecule has 3 amide bonds. The Labute approximate surface area is 230 Å². The highest BCUT2D eigenvalue weighted by atomic mass is 16.5. The fourth-order valence-electron chi connectivity index (χ4n) is 4.81. The highest BCUT2D eigenvalue weighted by molar-refractivity contribution is 6.06. The van der Waals surface area contributed by atoms with Crippen molar-refractivity contribution in [2.24, 2.45) is 0 Å². The molecule has 204 valence electrons. The van der Waals surface area contributed by atoms with Crippen LogP contribution >= 0.6 is 0 Å². The lowest BCUT2D eigenvalue weighted by Crippen LogP contribution is -2.36. The van der Waals surface area contributed by atoms with Crippen molar-refractivity contribution >= 4 is 29.1 Å². The molecule has 1 aliphatic rings. The summed E-state index contributed by atoms with van der Waals surface area (Å²) in [5.41, 5.74) is 3.09. The van der Waals surface area contributed by atoms with Crippen molar-refractivity contribution < 1.29 is 19.1 Å². The normalized spacial score (nSPS) is 13.4. The van der Waals surface area contributed by atoms with E-state index in [1.165, 1.54) is 0 Å². The summed E-state index contributed by atoms with van der Waals surface area (Å²) in [7, 11) is 1.60. The lowest BCUT2D eigenvalue weighted by molar-refractivity contribution is 0.0760. The molecule has 3 aromatic rings. The first-order chi connectivity index (χ1) is 18.9. The molecule has 1 fully saturated rings. The predicted octanol–water partition coefficient (Wildman–Crippen LogP) is 4.78. The molecular formula is C31H36N4O4. The van der Waals surface area contributed by atoms with E-state index in [4.69, 9.17) is 4.74 Å². The summed E-state index contributed by atoms with van der Waals surface area (Å²) in [6.07, 6.45) is 0.771. The molecule has 8 heteroatoms. The topological polar surface area (TPSA) is 82.2 Å². The SMILES string of the molecule is CCN(CC)C(=O)c1cc(NC(=O)c2ccccc2)ccc1N1CCCN(C(=O)c2ccc(OC)cc2)CC1. The van der Waals surface area contributed by atoms with Gasteiger partial charge >= 0.3 is 0 Å². The van der Waals surface area contributed by atoms with E-state index in [1.807, 2.05) is 49.1 Å². The van der Waals surface area contributed by atoms with Crippen molar-refractivity contribution in [3.63, 3.8) is 0 Å². The van der Waals surface area contributed by atoms with Crippen LogP contribution in [0.5, 0.6) is 5.75 Å². The Bertz CT molecular complexity index is 1290. The highest BCUT2D eigenvalue weighted by Gasteiger charge is 2.25. The number of benzene rings is 3. The summed E-state index contributed by atoms with van der Waals surface area (Å²) < 4.78 is 5.21. The van der Waals surface area contributed by atoms with Gasteiger partial charge in [-0.1, -0.05) is 18.2 Å². The van der Waals surface area contributed by atoms with E-state index >= 15 is 0 Å². The van der Waals surface area contributed by atoms with Crippen molar-refractivity contribution in [3.8, 4) is 5.75 Å². The van der Waals surface area contributed by atoms with Gasteiger partial charge in [-0.2, -0.15) is 0 Å². The van der Waals surface area contributed by atoms with Crippen LogP contribution in [-0.2, 0) is 0 Å². The summed E-state index contributed by atoms with van der Waals surface area (Å²) in [5.74, 6) is 0.383. The minimum absolute atomic E-state index is 0.0158. The van der Waals surface area contributed by atoms with Gasteiger partial charge in [-0.15, -0.1) is 0 Å². The Morgan fingerprint density at radius 2 is 1.56 bits per heavy atom. The lowest BCUT2D eigenvalue weighted by atomic mass is 10.1. The van der Waals surface area contributed by atoms with E-state index in [1.54, 1.807) is 54.5 Å². The van der Waals surface area contributed by atoms with E-state index < -0.39 is 0 Å². The van der Waals surface area contributed by atoms with Gasteiger partial charge in [-0.25, -0.2) is 0 Å². The molecule has 0 unspecified atom stereocenters. The quantitative estimate of drug-likeness (QED) is 0.455. The second-order valence-electron chi connectivity index (χ2n) is 9.39. The fourth-order valence-corrected chi connectivity index (χ4v) is 4.81. The largest absolute Gasteiger partial charge is 0.497 e. The molecule has 3 aromatic carbocycles. The van der Waals surface area contributed by atoms with E-state index in [-0.39, 0.29) is 17.7 Å². The van der Waals surface area contributed by atoms with E-state index in [0.717, 1.165) is 12.1 Å². The first-order valence-corrected chi connectivity index (χ1v) is 13.4. The van der Waals surface area contributed by atoms with Crippen molar-refractivity contribution in [1.82, 2.24) is 9.80 Å². The van der Waals surface area contributed by atoms with E-state index in [9.17, 15) is 14.4 Å². The Hall–Kier alpha value is -4.33. The molecule has 1 heterocycles. The van der Waals surface area contributed by atoms with Crippen LogP contribution in [0, 0.1) is 0 Å². The van der Waals surface area contributed by atoms with Crippen LogP contribution in [0.2, 0.25) is 0 Å². The average molecular weight is 529 g/mol. The molecule has 0 radical (unpaired) electrons. The summed E-state index contributed by atoms with van der Waals surface area (Å²) in [5, 5.41) is 2.93. The maximum atomic E-state index is 13.6. The zero-order chi connectivity index (χ0) is 27.8. The Kier molecular flexibility index (Phi) is 9.20. The molecule has 8 nitrogen and oxygen atoms in total. The lowest BCUT2D eigenvalue weighted by Gasteiger charge is -2.28. The van der Waals surface area contributed by atoms with Gasteiger partial charge in [0, 0.05) is 61.8 Å². The third-order valence-corrected chi connectivity index (χ3v) is 7.03. The zero-order valence-electron chi connectivity index (χ0n) is 22.9. The van der Waals surface area contributed by atoms with Gasteiger partial charge in [0.15, 0.2) is 0 Å². The molecule has 0 aromatic heterocycles. The molecule has 0 spiro atoms. The van der Waals surface area contributed by atoms with Crippen LogP contribution < -0.4 is 15.0 Å². The number of nitrogens with zero attached hydrogens (tertiary/aromatic N) is 3. The summed E-state index contributed by atoms with van der Waals surface area (Å²) in [6, 6.07) is 21.6. The fraction of sp³-hybridized carbons (Fsp3) is 0.323. The van der Waals surface area contributed by atoms with E-state index in [0.29, 0.717) is 67.4 Å². The number of methoxy groups -OCH3 is 1. The summed E-state index contributed by atoms with van der Waals surface area (Å²) >= 11 is 0. The molecule has 0 aliphatic carbocycles. The molecule has 4 rings (SSSR count). The number of amides is 3. The Morgan fingerprint density at radius 1 is 0.846 bits per heavy atom. The number of carbonyl (C=O) groups excluding carboxylic acids is 3. The van der Waals surface area contributed by atoms with E-state index in [2.05, 4.69) is 10.2 Å². The van der Waals surface area contributed by atoms with Crippen LogP contribution in [0.15, 0.2) is 72.8 Å². The maximum Gasteiger partial charge on any atom is 0.256 e. The molecule has 0 bridgehead atoms. The number of rotatable bonds is 8. The van der Waals surface area contributed by atoms with Crippen molar-refractivity contribution in [2.45, 2.75) is 20.3 Å². The first kappa shape index (κ1) is 27.7. The molecule has 0 saturated carbocycles. The predicted molar refractivity (Wildman–Crippen MR) is 154 cm³/mol. The second kappa shape index (κ2) is 13.0. The van der Waals surface area contributed by atoms with Gasteiger partial charge in [0.05, 0.1) is 12.7 Å². The van der Waals surface area contributed by atoms with Crippen LogP contribution in [0.1, 0.15) is 51.3 Å². The van der Waals surface area contributed by atoms with Crippen LogP contribution in [0.4, 0.5) is 11.4 Å². The van der Waals surface area contributed by atoms with Gasteiger partial charge < -0.3 is 24.8 Å². The number of nitrogens with one attached hydrogen (secondary N) is 1. The van der Waals surface area contributed by atoms with Crippen molar-refractivity contribution in [1.29, 1.82) is 0 Å². The van der Waals surface area contributed by atoms with Crippen LogP contribution in [-0.4, -0.2) is 73.9 Å². The van der Waals surface area contributed by atoms with Crippen LogP contribution in [0.3, 0.4) is 0 Å². The first-order valence-electron chi connectivity index (χ1n) is 13.4. The van der Waals surface area contributed by atoms with Gasteiger partial charge in [0.25, 0.3) is 17.7 Å². The molecule has 0 atom stereocenters. The molecule has 1 saturated heterocycles. The third-order valence-electron chi connectivity index (χ3n) is 7.03. The monoisotopic (exact) mass is 528 g/mol. The maximum absolute atomic E-state index is 13.6. The summed E-state index contributed by atoms with van der Waals surface area (Å²) in [6.45, 7) is 7.55. The minimum atomic E-state index is -0.230. The Balaban J connectivity index is 1.56. The van der Waals surface area contributed by atoms with Gasteiger partial charge in [0.2, 0.25) is 0 Å². The minimum Gasteiger partial charge on any atom is -0.497 e. The number of anilines is 2. The molecule has 1 aliphatic heterocycles. The smallest absolute Gasteiger partial charge is 0.256 e. The number of hydrogen-bond acceptors (Lipinski definition) is 5. The third kappa shape index (κ3) is 6.57. The number of ether oxygens (including phenoxy) is 1. The van der Waals surface area contributed by atoms with Gasteiger partial charge in [-0.05, 0) is 74.9 Å². The van der Waals surface area contributed by atoms with Gasteiger partial charge in [-0.3, -0.25) is 14.4 Å². The van der Waals surface area contributed by atoms with Crippen LogP contribution in [0.25, 0.3) is 0 Å². The number of hydrogen-bond donors (Lipinski definition) is 1. The molecule has 1 N–H and O–H groups in total.